The summed E-state index contributed by atoms with van der Waals surface area (Å²) in [5, 5.41) is 10.1. The van der Waals surface area contributed by atoms with Crippen molar-refractivity contribution in [1.82, 2.24) is 35.4 Å². The number of fused-ring (bicyclic) bond motifs is 2. The summed E-state index contributed by atoms with van der Waals surface area (Å²) in [6, 6.07) is 8.58. The molecule has 182 valence electrons. The van der Waals surface area contributed by atoms with Crippen LogP contribution in [0.2, 0.25) is 0 Å². The Kier molecular flexibility index (Phi) is 6.63. The fourth-order valence-corrected chi connectivity index (χ4v) is 3.91. The van der Waals surface area contributed by atoms with Crippen molar-refractivity contribution in [2.45, 2.75) is 59.5 Å². The van der Waals surface area contributed by atoms with Crippen molar-refractivity contribution in [3.63, 3.8) is 0 Å². The molecule has 0 atom stereocenters. The summed E-state index contributed by atoms with van der Waals surface area (Å²) in [6.07, 6.45) is 2.29. The molecule has 2 amide bonds. The first-order valence-electron chi connectivity index (χ1n) is 11.7. The van der Waals surface area contributed by atoms with Crippen molar-refractivity contribution in [3.8, 4) is 0 Å². The quantitative estimate of drug-likeness (QED) is 0.412. The van der Waals surface area contributed by atoms with E-state index in [1.807, 2.05) is 34.6 Å². The van der Waals surface area contributed by atoms with E-state index in [2.05, 4.69) is 21.0 Å². The molecule has 0 aliphatic rings. The number of carbonyl (C=O) groups is 2. The third kappa shape index (κ3) is 4.51. The molecule has 0 aliphatic carbocycles. The molecule has 3 aromatic heterocycles. The molecule has 0 saturated heterocycles. The predicted octanol–water partition coefficient (Wildman–Crippen LogP) is 3.33. The number of pyridine rings is 1. The number of nitrogens with one attached hydrogen (secondary N) is 2. The number of hydrazine groups is 1. The largest absolute Gasteiger partial charge is 0.290 e. The van der Waals surface area contributed by atoms with Crippen LogP contribution in [0.1, 0.15) is 79.5 Å². The summed E-state index contributed by atoms with van der Waals surface area (Å²) < 4.78 is 3.05. The van der Waals surface area contributed by atoms with Gasteiger partial charge in [-0.05, 0) is 38.3 Å². The Morgan fingerprint density at radius 2 is 1.69 bits per heavy atom. The van der Waals surface area contributed by atoms with Gasteiger partial charge in [-0.1, -0.05) is 39.0 Å². The predicted molar refractivity (Wildman–Crippen MR) is 133 cm³/mol. The molecule has 35 heavy (non-hydrogen) atoms. The van der Waals surface area contributed by atoms with E-state index in [1.165, 1.54) is 4.68 Å². The molecule has 0 aliphatic heterocycles. The molecule has 10 heteroatoms. The van der Waals surface area contributed by atoms with Crippen LogP contribution in [0.15, 0.2) is 41.3 Å². The van der Waals surface area contributed by atoms with Crippen LogP contribution in [0.25, 0.3) is 21.8 Å². The number of amides is 2. The van der Waals surface area contributed by atoms with Crippen molar-refractivity contribution in [2.24, 2.45) is 0 Å². The monoisotopic (exact) mass is 475 g/mol. The molecule has 4 aromatic rings. The van der Waals surface area contributed by atoms with E-state index in [-0.39, 0.29) is 23.2 Å². The van der Waals surface area contributed by atoms with Gasteiger partial charge in [-0.2, -0.15) is 10.2 Å². The summed E-state index contributed by atoms with van der Waals surface area (Å²) in [7, 11) is 0. The summed E-state index contributed by atoms with van der Waals surface area (Å²) in [4.78, 5) is 43.6. The third-order valence-corrected chi connectivity index (χ3v) is 5.72. The first-order chi connectivity index (χ1) is 16.7. The molecule has 3 heterocycles. The molecular formula is C25H29N7O3. The summed E-state index contributed by atoms with van der Waals surface area (Å²) >= 11 is 0. The second-order valence-corrected chi connectivity index (χ2v) is 9.00. The van der Waals surface area contributed by atoms with Gasteiger partial charge in [0.05, 0.1) is 22.5 Å². The third-order valence-electron chi connectivity index (χ3n) is 5.72. The SMILES string of the molecule is CCCn1nc(C(=O)NNC(=O)c2cc(C(C)C)nc3c2cnn3C(C)C)c2ccccc2c1=O. The maximum atomic E-state index is 13.2. The molecule has 1 aromatic carbocycles. The van der Waals surface area contributed by atoms with Crippen LogP contribution in [0.4, 0.5) is 0 Å². The van der Waals surface area contributed by atoms with E-state index in [0.717, 1.165) is 5.69 Å². The van der Waals surface area contributed by atoms with Crippen molar-refractivity contribution < 1.29 is 9.59 Å². The molecule has 0 spiro atoms. The molecule has 0 fully saturated rings. The van der Waals surface area contributed by atoms with Gasteiger partial charge in [-0.3, -0.25) is 25.2 Å². The highest BCUT2D eigenvalue weighted by atomic mass is 16.2. The molecular weight excluding hydrogens is 446 g/mol. The minimum atomic E-state index is -0.619. The van der Waals surface area contributed by atoms with Crippen LogP contribution >= 0.6 is 0 Å². The fraction of sp³-hybridized carbons (Fsp3) is 0.360. The maximum Gasteiger partial charge on any atom is 0.290 e. The van der Waals surface area contributed by atoms with E-state index in [4.69, 9.17) is 4.98 Å². The first-order valence-corrected chi connectivity index (χ1v) is 11.7. The standard InChI is InChI=1S/C25H29N7O3/c1-6-11-31-25(35)17-10-8-7-9-16(17)21(30-31)24(34)29-28-23(33)18-12-20(14(2)3)27-22-19(18)13-26-32(22)15(4)5/h7-10,12-15H,6,11H2,1-5H3,(H,28,33)(H,29,34). The molecule has 10 nitrogen and oxygen atoms in total. The molecule has 2 N–H and O–H groups in total. The highest BCUT2D eigenvalue weighted by Gasteiger charge is 2.21. The van der Waals surface area contributed by atoms with Crippen molar-refractivity contribution in [1.29, 1.82) is 0 Å². The van der Waals surface area contributed by atoms with Crippen LogP contribution in [0.5, 0.6) is 0 Å². The molecule has 0 bridgehead atoms. The van der Waals surface area contributed by atoms with Gasteiger partial charge in [-0.25, -0.2) is 14.3 Å². The second kappa shape index (κ2) is 9.65. The Balaban J connectivity index is 1.67. The van der Waals surface area contributed by atoms with Gasteiger partial charge in [0.25, 0.3) is 17.4 Å². The second-order valence-electron chi connectivity index (χ2n) is 9.00. The Morgan fingerprint density at radius 3 is 2.34 bits per heavy atom. The summed E-state index contributed by atoms with van der Waals surface area (Å²) in [5.74, 6) is -1.03. The maximum absolute atomic E-state index is 13.2. The average molecular weight is 476 g/mol. The fourth-order valence-electron chi connectivity index (χ4n) is 3.91. The minimum Gasteiger partial charge on any atom is -0.267 e. The number of carbonyl (C=O) groups excluding carboxylic acids is 2. The van der Waals surface area contributed by atoms with Gasteiger partial charge in [-0.15, -0.1) is 0 Å². The molecule has 0 unspecified atom stereocenters. The Bertz CT molecular complexity index is 1480. The Labute approximate surface area is 202 Å². The highest BCUT2D eigenvalue weighted by molar-refractivity contribution is 6.08. The lowest BCUT2D eigenvalue weighted by Crippen LogP contribution is -2.43. The van der Waals surface area contributed by atoms with Gasteiger partial charge >= 0.3 is 0 Å². The number of hydrogen-bond acceptors (Lipinski definition) is 6. The lowest BCUT2D eigenvalue weighted by molar-refractivity contribution is 0.0844. The summed E-state index contributed by atoms with van der Waals surface area (Å²) in [6.45, 7) is 10.3. The number of nitrogens with zero attached hydrogens (tertiary/aromatic N) is 5. The number of hydrogen-bond donors (Lipinski definition) is 2. The zero-order valence-electron chi connectivity index (χ0n) is 20.5. The smallest absolute Gasteiger partial charge is 0.267 e. The number of aromatic nitrogens is 5. The van der Waals surface area contributed by atoms with E-state index in [9.17, 15) is 14.4 Å². The number of aryl methyl sites for hydroxylation is 1. The van der Waals surface area contributed by atoms with E-state index < -0.39 is 11.8 Å². The van der Waals surface area contributed by atoms with Crippen LogP contribution in [0, 0.1) is 0 Å². The van der Waals surface area contributed by atoms with Gasteiger partial charge in [0.2, 0.25) is 0 Å². The average Bonchev–Trinajstić information content (AvgIpc) is 3.28. The highest BCUT2D eigenvalue weighted by Crippen LogP contribution is 2.24. The van der Waals surface area contributed by atoms with Crippen molar-refractivity contribution in [2.75, 3.05) is 0 Å². The van der Waals surface area contributed by atoms with Gasteiger partial charge < -0.3 is 0 Å². The van der Waals surface area contributed by atoms with E-state index in [0.29, 0.717) is 40.3 Å². The van der Waals surface area contributed by atoms with Crippen molar-refractivity contribution >= 4 is 33.6 Å². The topological polar surface area (TPSA) is 124 Å². The zero-order valence-corrected chi connectivity index (χ0v) is 20.5. The van der Waals surface area contributed by atoms with Crippen molar-refractivity contribution in [3.05, 3.63) is 63.8 Å². The molecule has 4 rings (SSSR count). The summed E-state index contributed by atoms with van der Waals surface area (Å²) in [5.41, 5.74) is 6.47. The van der Waals surface area contributed by atoms with Crippen LogP contribution in [0.3, 0.4) is 0 Å². The lowest BCUT2D eigenvalue weighted by atomic mass is 10.1. The van der Waals surface area contributed by atoms with Crippen LogP contribution in [-0.4, -0.2) is 36.4 Å². The Hall–Kier alpha value is -4.08. The minimum absolute atomic E-state index is 0.0596. The van der Waals surface area contributed by atoms with Gasteiger partial charge in [0.15, 0.2) is 11.3 Å². The molecule has 0 radical (unpaired) electrons. The van der Waals surface area contributed by atoms with Gasteiger partial charge in [0, 0.05) is 23.7 Å². The zero-order chi connectivity index (χ0) is 25.3. The Morgan fingerprint density at radius 1 is 1.00 bits per heavy atom. The van der Waals surface area contributed by atoms with Gasteiger partial charge in [0.1, 0.15) is 0 Å². The first kappa shape index (κ1) is 24.1. The van der Waals surface area contributed by atoms with E-state index >= 15 is 0 Å². The van der Waals surface area contributed by atoms with E-state index in [1.54, 1.807) is 41.2 Å². The normalized spacial score (nSPS) is 11.5. The van der Waals surface area contributed by atoms with Crippen LogP contribution < -0.4 is 16.4 Å². The molecule has 0 saturated carbocycles. The number of rotatable bonds is 6. The van der Waals surface area contributed by atoms with Crippen LogP contribution in [-0.2, 0) is 6.54 Å². The lowest BCUT2D eigenvalue weighted by Gasteiger charge is -2.13. The number of benzene rings is 1.